The largest absolute Gasteiger partial charge is 0.387 e. The van der Waals surface area contributed by atoms with Crippen LogP contribution in [0.15, 0.2) is 0 Å². The van der Waals surface area contributed by atoms with Crippen LogP contribution in [-0.4, -0.2) is 49.7 Å². The highest BCUT2D eigenvalue weighted by Crippen LogP contribution is 2.31. The Morgan fingerprint density at radius 3 is 2.50 bits per heavy atom. The molecule has 0 spiro atoms. The molecule has 2 atom stereocenters. The fourth-order valence-electron chi connectivity index (χ4n) is 2.49. The highest BCUT2D eigenvalue weighted by Gasteiger charge is 2.41. The minimum atomic E-state index is -0.725. The predicted octanol–water partition coefficient (Wildman–Crippen LogP) is 0.574. The van der Waals surface area contributed by atoms with Gasteiger partial charge in [0.1, 0.15) is 0 Å². The Morgan fingerprint density at radius 1 is 1.25 bits per heavy atom. The van der Waals surface area contributed by atoms with Crippen molar-refractivity contribution in [2.75, 3.05) is 32.9 Å². The van der Waals surface area contributed by atoms with Gasteiger partial charge in [0.05, 0.1) is 18.3 Å². The van der Waals surface area contributed by atoms with Crippen LogP contribution in [0, 0.1) is 5.92 Å². The Morgan fingerprint density at radius 2 is 1.94 bits per heavy atom. The normalized spacial score (nSPS) is 31.5. The Hall–Kier alpha value is 0.130. The number of hydrogen-bond donors (Lipinski definition) is 2. The van der Waals surface area contributed by atoms with E-state index in [0.29, 0.717) is 12.5 Å². The van der Waals surface area contributed by atoms with Crippen LogP contribution >= 0.6 is 12.4 Å². The van der Waals surface area contributed by atoms with Crippen LogP contribution in [0.3, 0.4) is 0 Å². The molecule has 2 N–H and O–H groups in total. The highest BCUT2D eigenvalue weighted by molar-refractivity contribution is 5.85. The monoisotopic (exact) mass is 251 g/mol. The Kier molecular flexibility index (Phi) is 5.47. The van der Waals surface area contributed by atoms with E-state index < -0.39 is 5.60 Å². The number of hydrogen-bond acceptors (Lipinski definition) is 4. The van der Waals surface area contributed by atoms with Gasteiger partial charge in [-0.2, -0.15) is 0 Å². The standard InChI is InChI=1S/C11H21NO3.ClH/c1-11(13,9-2-5-14-6-3-9)10-8-12-4-7-15-10;/h9-10,12-13H,2-8H2,1H3;1H. The number of morpholine rings is 1. The van der Waals surface area contributed by atoms with Crippen molar-refractivity contribution in [3.05, 3.63) is 0 Å². The van der Waals surface area contributed by atoms with Crippen LogP contribution in [0.2, 0.25) is 0 Å². The second kappa shape index (κ2) is 6.17. The van der Waals surface area contributed by atoms with Gasteiger partial charge in [0.25, 0.3) is 0 Å². The summed E-state index contributed by atoms with van der Waals surface area (Å²) in [4.78, 5) is 0. The zero-order chi connectivity index (χ0) is 10.7. The lowest BCUT2D eigenvalue weighted by Gasteiger charge is -2.42. The van der Waals surface area contributed by atoms with Gasteiger partial charge in [-0.25, -0.2) is 0 Å². The third-order valence-corrected chi connectivity index (χ3v) is 3.63. The summed E-state index contributed by atoms with van der Waals surface area (Å²) in [6.45, 7) is 5.78. The van der Waals surface area contributed by atoms with Gasteiger partial charge in [-0.1, -0.05) is 0 Å². The summed E-state index contributed by atoms with van der Waals surface area (Å²) in [7, 11) is 0. The van der Waals surface area contributed by atoms with Gasteiger partial charge in [0.15, 0.2) is 0 Å². The average Bonchev–Trinajstić information content (AvgIpc) is 2.31. The molecule has 2 saturated heterocycles. The second-order valence-electron chi connectivity index (χ2n) is 4.68. The molecule has 0 aromatic rings. The SMILES string of the molecule is CC(O)(C1CCOCC1)C1CNCCO1.Cl. The lowest BCUT2D eigenvalue weighted by atomic mass is 9.79. The lowest BCUT2D eigenvalue weighted by Crippen LogP contribution is -2.56. The van der Waals surface area contributed by atoms with Crippen LogP contribution in [0.1, 0.15) is 19.8 Å². The summed E-state index contributed by atoms with van der Waals surface area (Å²) in [5, 5.41) is 13.8. The van der Waals surface area contributed by atoms with Crippen molar-refractivity contribution < 1.29 is 14.6 Å². The van der Waals surface area contributed by atoms with Gasteiger partial charge in [0, 0.05) is 26.3 Å². The fraction of sp³-hybridized carbons (Fsp3) is 1.00. The molecule has 0 aliphatic carbocycles. The number of aliphatic hydroxyl groups is 1. The maximum Gasteiger partial charge on any atom is 0.0986 e. The van der Waals surface area contributed by atoms with E-state index in [1.54, 1.807) is 0 Å². The molecule has 0 aromatic carbocycles. The van der Waals surface area contributed by atoms with E-state index in [9.17, 15) is 5.11 Å². The summed E-state index contributed by atoms with van der Waals surface area (Å²) in [5.74, 6) is 0.302. The van der Waals surface area contributed by atoms with Crippen molar-refractivity contribution in [2.45, 2.75) is 31.5 Å². The van der Waals surface area contributed by atoms with Gasteiger partial charge in [0.2, 0.25) is 0 Å². The molecule has 2 aliphatic heterocycles. The molecule has 2 rings (SSSR count). The average molecular weight is 252 g/mol. The number of nitrogens with one attached hydrogen (secondary N) is 1. The zero-order valence-corrected chi connectivity index (χ0v) is 10.6. The minimum Gasteiger partial charge on any atom is -0.387 e. The van der Waals surface area contributed by atoms with Crippen LogP contribution in [0.25, 0.3) is 0 Å². The van der Waals surface area contributed by atoms with Gasteiger partial charge in [-0.3, -0.25) is 0 Å². The van der Waals surface area contributed by atoms with E-state index in [-0.39, 0.29) is 18.5 Å². The molecule has 2 aliphatic rings. The van der Waals surface area contributed by atoms with Crippen molar-refractivity contribution in [1.82, 2.24) is 5.32 Å². The fourth-order valence-corrected chi connectivity index (χ4v) is 2.49. The summed E-state index contributed by atoms with van der Waals surface area (Å²) in [5.41, 5.74) is -0.725. The first-order valence-corrected chi connectivity index (χ1v) is 5.83. The third kappa shape index (κ3) is 3.08. The molecule has 0 radical (unpaired) electrons. The van der Waals surface area contributed by atoms with E-state index in [4.69, 9.17) is 9.47 Å². The highest BCUT2D eigenvalue weighted by atomic mass is 35.5. The van der Waals surface area contributed by atoms with Gasteiger partial charge < -0.3 is 19.9 Å². The summed E-state index contributed by atoms with van der Waals surface area (Å²) in [6.07, 6.45) is 1.80. The van der Waals surface area contributed by atoms with E-state index >= 15 is 0 Å². The maximum atomic E-state index is 10.5. The molecular weight excluding hydrogens is 230 g/mol. The van der Waals surface area contributed by atoms with Gasteiger partial charge in [-0.05, 0) is 25.7 Å². The number of rotatable bonds is 2. The van der Waals surface area contributed by atoms with Crippen molar-refractivity contribution in [3.63, 3.8) is 0 Å². The minimum absolute atomic E-state index is 0. The Bertz CT molecular complexity index is 181. The second-order valence-corrected chi connectivity index (χ2v) is 4.68. The quantitative estimate of drug-likeness (QED) is 0.754. The predicted molar refractivity (Wildman–Crippen MR) is 64.0 cm³/mol. The topological polar surface area (TPSA) is 50.7 Å². The van der Waals surface area contributed by atoms with Gasteiger partial charge in [-0.15, -0.1) is 12.4 Å². The van der Waals surface area contributed by atoms with Crippen LogP contribution < -0.4 is 5.32 Å². The van der Waals surface area contributed by atoms with Crippen LogP contribution in [0.4, 0.5) is 0 Å². The van der Waals surface area contributed by atoms with E-state index in [0.717, 1.165) is 39.1 Å². The Labute approximate surface area is 103 Å². The summed E-state index contributed by atoms with van der Waals surface area (Å²) >= 11 is 0. The first-order valence-electron chi connectivity index (χ1n) is 5.83. The van der Waals surface area contributed by atoms with E-state index in [1.807, 2.05) is 6.92 Å². The molecule has 2 heterocycles. The zero-order valence-electron chi connectivity index (χ0n) is 9.78. The molecule has 0 bridgehead atoms. The first-order chi connectivity index (χ1) is 7.21. The summed E-state index contributed by atoms with van der Waals surface area (Å²) in [6, 6.07) is 0. The molecule has 2 unspecified atom stereocenters. The summed E-state index contributed by atoms with van der Waals surface area (Å²) < 4.78 is 11.0. The van der Waals surface area contributed by atoms with E-state index in [1.165, 1.54) is 0 Å². The van der Waals surface area contributed by atoms with Crippen molar-refractivity contribution >= 4 is 12.4 Å². The lowest BCUT2D eigenvalue weighted by molar-refractivity contribution is -0.153. The molecule has 16 heavy (non-hydrogen) atoms. The molecule has 96 valence electrons. The molecule has 2 fully saturated rings. The Balaban J connectivity index is 0.00000128. The smallest absolute Gasteiger partial charge is 0.0986 e. The molecule has 5 heteroatoms. The van der Waals surface area contributed by atoms with E-state index in [2.05, 4.69) is 5.32 Å². The molecule has 4 nitrogen and oxygen atoms in total. The third-order valence-electron chi connectivity index (χ3n) is 3.63. The van der Waals surface area contributed by atoms with Crippen molar-refractivity contribution in [1.29, 1.82) is 0 Å². The van der Waals surface area contributed by atoms with Crippen molar-refractivity contribution in [2.24, 2.45) is 5.92 Å². The van der Waals surface area contributed by atoms with Crippen LogP contribution in [-0.2, 0) is 9.47 Å². The van der Waals surface area contributed by atoms with Crippen LogP contribution in [0.5, 0.6) is 0 Å². The maximum absolute atomic E-state index is 10.5. The van der Waals surface area contributed by atoms with Crippen molar-refractivity contribution in [3.8, 4) is 0 Å². The molecule has 0 aromatic heterocycles. The molecule has 0 amide bonds. The number of ether oxygens (including phenoxy) is 2. The first kappa shape index (κ1) is 14.2. The molecular formula is C11H22ClNO3. The van der Waals surface area contributed by atoms with Gasteiger partial charge >= 0.3 is 0 Å². The molecule has 0 saturated carbocycles. The number of halogens is 1.